The molecule has 35 heavy (non-hydrogen) atoms. The van der Waals surface area contributed by atoms with E-state index in [9.17, 15) is 21.6 Å². The van der Waals surface area contributed by atoms with E-state index < -0.39 is 21.9 Å². The van der Waals surface area contributed by atoms with Crippen LogP contribution in [-0.4, -0.2) is 56.0 Å². The van der Waals surface area contributed by atoms with Crippen LogP contribution in [0.5, 0.6) is 5.75 Å². The van der Waals surface area contributed by atoms with Gasteiger partial charge in [-0.05, 0) is 43.3 Å². The fourth-order valence-corrected chi connectivity index (χ4v) is 5.02. The largest absolute Gasteiger partial charge is 0.497 e. The highest BCUT2D eigenvalue weighted by molar-refractivity contribution is 7.89. The third-order valence-corrected chi connectivity index (χ3v) is 7.46. The fraction of sp³-hybridized carbons (Fsp3) is 0.304. The highest BCUT2D eigenvalue weighted by Gasteiger charge is 2.35. The van der Waals surface area contributed by atoms with E-state index in [4.69, 9.17) is 4.74 Å². The van der Waals surface area contributed by atoms with E-state index in [2.05, 4.69) is 15.3 Å². The molecule has 0 spiro atoms. The third-order valence-electron chi connectivity index (χ3n) is 5.55. The molecular weight excluding hydrogens is 483 g/mol. The molecule has 186 valence electrons. The van der Waals surface area contributed by atoms with E-state index in [-0.39, 0.29) is 42.8 Å². The molecule has 0 saturated carbocycles. The van der Waals surface area contributed by atoms with Gasteiger partial charge in [-0.1, -0.05) is 17.7 Å². The first-order chi connectivity index (χ1) is 16.6. The number of rotatable bonds is 6. The van der Waals surface area contributed by atoms with Crippen LogP contribution in [0.1, 0.15) is 11.3 Å². The maximum Gasteiger partial charge on any atom is 0.433 e. The van der Waals surface area contributed by atoms with Gasteiger partial charge in [0.2, 0.25) is 16.0 Å². The van der Waals surface area contributed by atoms with Gasteiger partial charge in [-0.15, -0.1) is 0 Å². The Balaban J connectivity index is 1.53. The van der Waals surface area contributed by atoms with Gasteiger partial charge in [0.05, 0.1) is 12.0 Å². The smallest absolute Gasteiger partial charge is 0.433 e. The number of nitrogens with one attached hydrogen (secondary N) is 1. The molecule has 3 aromatic rings. The third kappa shape index (κ3) is 5.65. The first-order valence-corrected chi connectivity index (χ1v) is 12.2. The van der Waals surface area contributed by atoms with Crippen LogP contribution in [0, 0.1) is 6.92 Å². The van der Waals surface area contributed by atoms with Gasteiger partial charge in [-0.25, -0.2) is 13.4 Å². The lowest BCUT2D eigenvalue weighted by Crippen LogP contribution is -2.49. The molecule has 0 amide bonds. The van der Waals surface area contributed by atoms with Crippen LogP contribution in [0.4, 0.5) is 30.6 Å². The van der Waals surface area contributed by atoms with Crippen molar-refractivity contribution in [2.75, 3.05) is 43.5 Å². The number of nitrogens with zero attached hydrogens (tertiary/aromatic N) is 4. The summed E-state index contributed by atoms with van der Waals surface area (Å²) in [5.41, 5.74) is 0.520. The van der Waals surface area contributed by atoms with Gasteiger partial charge in [0.15, 0.2) is 5.69 Å². The monoisotopic (exact) mass is 507 g/mol. The first-order valence-electron chi connectivity index (χ1n) is 10.8. The molecule has 2 aromatic carbocycles. The average Bonchev–Trinajstić information content (AvgIpc) is 2.85. The van der Waals surface area contributed by atoms with E-state index in [0.29, 0.717) is 11.4 Å². The number of piperazine rings is 1. The van der Waals surface area contributed by atoms with E-state index >= 15 is 0 Å². The van der Waals surface area contributed by atoms with Gasteiger partial charge < -0.3 is 15.0 Å². The van der Waals surface area contributed by atoms with Crippen molar-refractivity contribution < 1.29 is 26.3 Å². The molecule has 12 heteroatoms. The van der Waals surface area contributed by atoms with E-state index in [1.54, 1.807) is 29.2 Å². The molecule has 0 radical (unpaired) electrons. The maximum atomic E-state index is 13.5. The molecule has 1 N–H and O–H groups in total. The lowest BCUT2D eigenvalue weighted by Gasteiger charge is -2.34. The van der Waals surface area contributed by atoms with Crippen molar-refractivity contribution in [3.8, 4) is 5.75 Å². The van der Waals surface area contributed by atoms with Crippen molar-refractivity contribution >= 4 is 27.5 Å². The zero-order valence-corrected chi connectivity index (χ0v) is 19.9. The van der Waals surface area contributed by atoms with Gasteiger partial charge in [0.1, 0.15) is 11.6 Å². The minimum atomic E-state index is -4.67. The van der Waals surface area contributed by atoms with E-state index in [0.717, 1.165) is 11.6 Å². The number of methoxy groups -OCH3 is 1. The number of hydrogen-bond acceptors (Lipinski definition) is 7. The standard InChI is InChI=1S/C23H24F3N5O3S/c1-16-3-5-17(6-4-16)27-21-15-20(23(24,25)26)28-22(29-21)30-11-13-31(14-12-30)35(32,33)19-9-7-18(34-2)8-10-19/h3-10,15H,11-14H2,1-2H3,(H,27,28,29). The van der Waals surface area contributed by atoms with Gasteiger partial charge in [0, 0.05) is 37.9 Å². The second-order valence-electron chi connectivity index (χ2n) is 7.99. The Labute approximate surface area is 201 Å². The number of sulfonamides is 1. The van der Waals surface area contributed by atoms with Gasteiger partial charge in [-0.2, -0.15) is 22.5 Å². The van der Waals surface area contributed by atoms with Crippen LogP contribution in [-0.2, 0) is 16.2 Å². The Morgan fingerprint density at radius 3 is 2.14 bits per heavy atom. The Hall–Kier alpha value is -3.38. The van der Waals surface area contributed by atoms with Crippen LogP contribution < -0.4 is 15.0 Å². The number of alkyl halides is 3. The average molecular weight is 508 g/mol. The molecule has 4 rings (SSSR count). The molecule has 0 bridgehead atoms. The van der Waals surface area contributed by atoms with Crippen LogP contribution in [0.25, 0.3) is 0 Å². The van der Waals surface area contributed by atoms with Crippen molar-refractivity contribution in [2.24, 2.45) is 0 Å². The highest BCUT2D eigenvalue weighted by atomic mass is 32.2. The van der Waals surface area contributed by atoms with Crippen molar-refractivity contribution in [1.82, 2.24) is 14.3 Å². The van der Waals surface area contributed by atoms with Crippen molar-refractivity contribution in [3.63, 3.8) is 0 Å². The molecule has 1 aromatic heterocycles. The summed E-state index contributed by atoms with van der Waals surface area (Å²) in [7, 11) is -2.27. The van der Waals surface area contributed by atoms with Crippen molar-refractivity contribution in [3.05, 3.63) is 65.9 Å². The maximum absolute atomic E-state index is 13.5. The van der Waals surface area contributed by atoms with Gasteiger partial charge >= 0.3 is 6.18 Å². The summed E-state index contributed by atoms with van der Waals surface area (Å²) in [5, 5.41) is 2.89. The molecule has 1 saturated heterocycles. The van der Waals surface area contributed by atoms with Crippen LogP contribution in [0.15, 0.2) is 59.5 Å². The van der Waals surface area contributed by atoms with Gasteiger partial charge in [-0.3, -0.25) is 0 Å². The van der Waals surface area contributed by atoms with E-state index in [1.165, 1.54) is 23.5 Å². The lowest BCUT2D eigenvalue weighted by molar-refractivity contribution is -0.141. The Bertz CT molecular complexity index is 1280. The number of anilines is 3. The molecule has 8 nitrogen and oxygen atoms in total. The lowest BCUT2D eigenvalue weighted by atomic mass is 10.2. The Kier molecular flexibility index (Phi) is 6.86. The summed E-state index contributed by atoms with van der Waals surface area (Å²) in [4.78, 5) is 9.66. The minimum absolute atomic E-state index is 0.000498. The molecule has 1 aliphatic heterocycles. The van der Waals surface area contributed by atoms with Crippen LogP contribution in [0.2, 0.25) is 0 Å². The molecule has 1 fully saturated rings. The summed E-state index contributed by atoms with van der Waals surface area (Å²) in [6.45, 7) is 2.34. The summed E-state index contributed by atoms with van der Waals surface area (Å²) in [6.07, 6.45) is -4.67. The summed E-state index contributed by atoms with van der Waals surface area (Å²) in [6, 6.07) is 14.0. The van der Waals surface area contributed by atoms with Crippen LogP contribution >= 0.6 is 0 Å². The normalized spacial score (nSPS) is 15.2. The summed E-state index contributed by atoms with van der Waals surface area (Å²) in [5.74, 6) is 0.418. The number of ether oxygens (including phenoxy) is 1. The second-order valence-corrected chi connectivity index (χ2v) is 9.93. The van der Waals surface area contributed by atoms with Crippen molar-refractivity contribution in [2.45, 2.75) is 18.0 Å². The second kappa shape index (κ2) is 9.70. The number of benzene rings is 2. The highest BCUT2D eigenvalue weighted by Crippen LogP contribution is 2.31. The topological polar surface area (TPSA) is 87.7 Å². The van der Waals surface area contributed by atoms with Gasteiger partial charge in [0.25, 0.3) is 0 Å². The summed E-state index contributed by atoms with van der Waals surface area (Å²) < 4.78 is 72.9. The summed E-state index contributed by atoms with van der Waals surface area (Å²) >= 11 is 0. The predicted molar refractivity (Wildman–Crippen MR) is 125 cm³/mol. The first kappa shape index (κ1) is 24.7. The van der Waals surface area contributed by atoms with E-state index in [1.807, 2.05) is 19.1 Å². The predicted octanol–water partition coefficient (Wildman–Crippen LogP) is 4.07. The zero-order chi connectivity index (χ0) is 25.2. The molecular formula is C23H24F3N5O3S. The minimum Gasteiger partial charge on any atom is -0.497 e. The molecule has 1 aliphatic rings. The number of aryl methyl sites for hydroxylation is 1. The van der Waals surface area contributed by atoms with Crippen molar-refractivity contribution in [1.29, 1.82) is 0 Å². The number of aromatic nitrogens is 2. The zero-order valence-electron chi connectivity index (χ0n) is 19.1. The SMILES string of the molecule is COc1ccc(S(=O)(=O)N2CCN(c3nc(Nc4ccc(C)cc4)cc(C(F)(F)F)n3)CC2)cc1. The Morgan fingerprint density at radius 1 is 0.943 bits per heavy atom. The fourth-order valence-electron chi connectivity index (χ4n) is 3.60. The molecule has 0 aliphatic carbocycles. The molecule has 0 unspecified atom stereocenters. The Morgan fingerprint density at radius 2 is 1.57 bits per heavy atom. The quantitative estimate of drug-likeness (QED) is 0.538. The number of halogens is 3. The molecule has 0 atom stereocenters. The van der Waals surface area contributed by atoms with Crippen LogP contribution in [0.3, 0.4) is 0 Å². The molecule has 2 heterocycles. The number of hydrogen-bond donors (Lipinski definition) is 1.